The Morgan fingerprint density at radius 1 is 0.949 bits per heavy atom. The van der Waals surface area contributed by atoms with Gasteiger partial charge in [-0.05, 0) is 73.1 Å². The van der Waals surface area contributed by atoms with Gasteiger partial charge < -0.3 is 9.47 Å². The Hall–Kier alpha value is -4.23. The van der Waals surface area contributed by atoms with Gasteiger partial charge in [0.25, 0.3) is 16.8 Å². The molecule has 1 fully saturated rings. The highest BCUT2D eigenvalue weighted by molar-refractivity contribution is 9.10. The zero-order valence-electron chi connectivity index (χ0n) is 20.6. The van der Waals surface area contributed by atoms with Crippen LogP contribution in [-0.4, -0.2) is 39.0 Å². The van der Waals surface area contributed by atoms with Gasteiger partial charge in [0.05, 0.1) is 27.4 Å². The van der Waals surface area contributed by atoms with E-state index in [1.54, 1.807) is 12.1 Å². The molecule has 200 valence electrons. The first-order valence-electron chi connectivity index (χ1n) is 11.4. The van der Waals surface area contributed by atoms with Crippen LogP contribution in [0.1, 0.15) is 16.7 Å². The topological polar surface area (TPSA) is 142 Å². The summed E-state index contributed by atoms with van der Waals surface area (Å²) in [5, 5.41) is 22.1. The van der Waals surface area contributed by atoms with Crippen molar-refractivity contribution >= 4 is 56.3 Å². The zero-order chi connectivity index (χ0) is 28.3. The number of carbonyl (C=O) groups excluding carboxylic acids is 2. The van der Waals surface area contributed by atoms with Crippen LogP contribution in [0.4, 0.5) is 16.2 Å². The lowest BCUT2D eigenvalue weighted by molar-refractivity contribution is -0.394. The molecule has 2 amide bonds. The largest absolute Gasteiger partial charge is 0.491 e. The van der Waals surface area contributed by atoms with Crippen molar-refractivity contribution < 1.29 is 28.9 Å². The molecule has 11 nitrogen and oxygen atoms in total. The number of nitrogens with zero attached hydrogens (tertiary/aromatic N) is 3. The van der Waals surface area contributed by atoms with Crippen LogP contribution in [-0.2, 0) is 4.79 Å². The maximum absolute atomic E-state index is 13.0. The molecule has 1 saturated heterocycles. The van der Waals surface area contributed by atoms with Crippen molar-refractivity contribution in [2.45, 2.75) is 13.8 Å². The van der Waals surface area contributed by atoms with Crippen molar-refractivity contribution in [3.8, 4) is 17.2 Å². The molecular formula is C26H20BrN3O8S. The quantitative estimate of drug-likeness (QED) is 0.145. The Kier molecular flexibility index (Phi) is 8.31. The number of rotatable bonds is 9. The Labute approximate surface area is 234 Å². The van der Waals surface area contributed by atoms with E-state index in [0.717, 1.165) is 46.0 Å². The SMILES string of the molecule is Cc1ccc(C)c(OCCN2C(=O)S/C(=C\c3cc(Br)ccc3Oc3ccc([N+](=O)[O-])cc3[N+](=O)[O-])C2=O)c1. The highest BCUT2D eigenvalue weighted by Gasteiger charge is 2.35. The molecule has 0 radical (unpaired) electrons. The van der Waals surface area contributed by atoms with Gasteiger partial charge in [0.1, 0.15) is 18.1 Å². The van der Waals surface area contributed by atoms with E-state index in [-0.39, 0.29) is 29.6 Å². The number of ether oxygens (including phenoxy) is 2. The molecule has 0 aliphatic carbocycles. The molecule has 0 atom stereocenters. The second kappa shape index (κ2) is 11.7. The van der Waals surface area contributed by atoms with E-state index >= 15 is 0 Å². The lowest BCUT2D eigenvalue weighted by Gasteiger charge is -2.14. The van der Waals surface area contributed by atoms with Gasteiger partial charge in [0.15, 0.2) is 0 Å². The van der Waals surface area contributed by atoms with Gasteiger partial charge in [-0.2, -0.15) is 0 Å². The van der Waals surface area contributed by atoms with Crippen molar-refractivity contribution in [2.24, 2.45) is 0 Å². The first kappa shape index (κ1) is 27.8. The van der Waals surface area contributed by atoms with Crippen LogP contribution < -0.4 is 9.47 Å². The predicted molar refractivity (Wildman–Crippen MR) is 148 cm³/mol. The first-order chi connectivity index (χ1) is 18.5. The van der Waals surface area contributed by atoms with Crippen LogP contribution >= 0.6 is 27.7 Å². The highest BCUT2D eigenvalue weighted by Crippen LogP contribution is 2.39. The van der Waals surface area contributed by atoms with Crippen LogP contribution in [0.5, 0.6) is 17.2 Å². The van der Waals surface area contributed by atoms with Gasteiger partial charge in [-0.3, -0.25) is 34.7 Å². The number of benzene rings is 3. The van der Waals surface area contributed by atoms with Crippen molar-refractivity contribution in [2.75, 3.05) is 13.2 Å². The zero-order valence-corrected chi connectivity index (χ0v) is 23.0. The molecule has 3 aromatic carbocycles. The van der Waals surface area contributed by atoms with Gasteiger partial charge in [-0.25, -0.2) is 0 Å². The van der Waals surface area contributed by atoms with Crippen LogP contribution in [0.3, 0.4) is 0 Å². The minimum Gasteiger partial charge on any atom is -0.491 e. The van der Waals surface area contributed by atoms with E-state index in [1.807, 2.05) is 32.0 Å². The highest BCUT2D eigenvalue weighted by atomic mass is 79.9. The van der Waals surface area contributed by atoms with Crippen LogP contribution in [0.15, 0.2) is 64.0 Å². The molecule has 4 rings (SSSR count). The molecule has 3 aromatic rings. The van der Waals surface area contributed by atoms with Crippen molar-refractivity contribution in [3.05, 3.63) is 101 Å². The van der Waals surface area contributed by atoms with Gasteiger partial charge in [-0.15, -0.1) is 0 Å². The number of imide groups is 1. The van der Waals surface area contributed by atoms with Crippen LogP contribution in [0.25, 0.3) is 6.08 Å². The average Bonchev–Trinajstić information content (AvgIpc) is 3.14. The fourth-order valence-electron chi connectivity index (χ4n) is 3.64. The average molecular weight is 614 g/mol. The summed E-state index contributed by atoms with van der Waals surface area (Å²) in [6.45, 7) is 4.00. The van der Waals surface area contributed by atoms with Crippen molar-refractivity contribution in [1.82, 2.24) is 4.90 Å². The summed E-state index contributed by atoms with van der Waals surface area (Å²) in [6.07, 6.45) is 1.45. The number of thioether (sulfide) groups is 1. The van der Waals surface area contributed by atoms with E-state index < -0.39 is 32.4 Å². The first-order valence-corrected chi connectivity index (χ1v) is 13.0. The van der Waals surface area contributed by atoms with E-state index in [9.17, 15) is 29.8 Å². The molecule has 1 aliphatic rings. The van der Waals surface area contributed by atoms with Gasteiger partial charge in [0.2, 0.25) is 5.75 Å². The van der Waals surface area contributed by atoms with E-state index in [4.69, 9.17) is 9.47 Å². The standard InChI is InChI=1S/C26H20BrN3O8S/c1-15-3-4-16(2)23(11-15)37-10-9-28-25(31)24(39-26(28)32)13-17-12-18(27)5-7-21(17)38-22-8-6-19(29(33)34)14-20(22)30(35)36/h3-8,11-14H,9-10H2,1-2H3/b24-13-. The Morgan fingerprint density at radius 3 is 2.41 bits per heavy atom. The molecule has 0 N–H and O–H groups in total. The maximum atomic E-state index is 13.0. The van der Waals surface area contributed by atoms with E-state index in [2.05, 4.69) is 15.9 Å². The van der Waals surface area contributed by atoms with Crippen LogP contribution in [0.2, 0.25) is 0 Å². The maximum Gasteiger partial charge on any atom is 0.318 e. The second-order valence-corrected chi connectivity index (χ2v) is 10.3. The minimum atomic E-state index is -0.785. The third-order valence-electron chi connectivity index (χ3n) is 5.62. The smallest absolute Gasteiger partial charge is 0.318 e. The molecule has 39 heavy (non-hydrogen) atoms. The van der Waals surface area contributed by atoms with Gasteiger partial charge >= 0.3 is 5.69 Å². The summed E-state index contributed by atoms with van der Waals surface area (Å²) < 4.78 is 12.2. The third-order valence-corrected chi connectivity index (χ3v) is 7.02. The fraction of sp³-hybridized carbons (Fsp3) is 0.154. The molecule has 0 saturated carbocycles. The molecule has 13 heteroatoms. The Bertz CT molecular complexity index is 1540. The molecular weight excluding hydrogens is 594 g/mol. The third kappa shape index (κ3) is 6.44. The Balaban J connectivity index is 1.55. The predicted octanol–water partition coefficient (Wildman–Crippen LogP) is 6.79. The summed E-state index contributed by atoms with van der Waals surface area (Å²) in [6, 6.07) is 13.6. The lowest BCUT2D eigenvalue weighted by atomic mass is 10.1. The monoisotopic (exact) mass is 613 g/mol. The van der Waals surface area contributed by atoms with Gasteiger partial charge in [-0.1, -0.05) is 28.1 Å². The second-order valence-electron chi connectivity index (χ2n) is 8.40. The molecule has 0 unspecified atom stereocenters. The Morgan fingerprint density at radius 2 is 1.69 bits per heavy atom. The summed E-state index contributed by atoms with van der Waals surface area (Å²) >= 11 is 4.10. The molecule has 0 aromatic heterocycles. The molecule has 0 bridgehead atoms. The normalized spacial score (nSPS) is 14.1. The number of amides is 2. The number of halogens is 1. The number of carbonyl (C=O) groups is 2. The summed E-state index contributed by atoms with van der Waals surface area (Å²) in [4.78, 5) is 47.9. The number of aryl methyl sites for hydroxylation is 2. The number of hydrogen-bond donors (Lipinski definition) is 0. The van der Waals surface area contributed by atoms with Gasteiger partial charge in [0, 0.05) is 16.1 Å². The lowest BCUT2D eigenvalue weighted by Crippen LogP contribution is -2.32. The summed E-state index contributed by atoms with van der Waals surface area (Å²) in [5.41, 5.74) is 1.26. The fourth-order valence-corrected chi connectivity index (χ4v) is 4.87. The molecule has 0 spiro atoms. The van der Waals surface area contributed by atoms with E-state index in [0.29, 0.717) is 15.8 Å². The number of nitro groups is 2. The van der Waals surface area contributed by atoms with Crippen LogP contribution in [0, 0.1) is 34.1 Å². The number of nitro benzene ring substituents is 2. The van der Waals surface area contributed by atoms with Crippen molar-refractivity contribution in [3.63, 3.8) is 0 Å². The summed E-state index contributed by atoms with van der Waals surface area (Å²) in [5.74, 6) is 0.0788. The number of hydrogen-bond acceptors (Lipinski definition) is 9. The van der Waals surface area contributed by atoms with E-state index in [1.165, 1.54) is 12.1 Å². The number of non-ortho nitro benzene ring substituents is 1. The summed E-state index contributed by atoms with van der Waals surface area (Å²) in [7, 11) is 0. The van der Waals surface area contributed by atoms with Crippen molar-refractivity contribution in [1.29, 1.82) is 0 Å². The molecule has 1 heterocycles. The minimum absolute atomic E-state index is 0.0478. The molecule has 1 aliphatic heterocycles.